The Hall–Kier alpha value is -2.45. The largest absolute Gasteiger partial charge is 0.464 e. The van der Waals surface area contributed by atoms with Crippen LogP contribution in [0.4, 0.5) is 5.69 Å². The van der Waals surface area contributed by atoms with Crippen molar-refractivity contribution >= 4 is 58.2 Å². The van der Waals surface area contributed by atoms with E-state index >= 15 is 0 Å². The highest BCUT2D eigenvalue weighted by Crippen LogP contribution is 2.37. The molecule has 0 spiro atoms. The third-order valence-electron chi connectivity index (χ3n) is 4.32. The van der Waals surface area contributed by atoms with Crippen molar-refractivity contribution in [3.8, 4) is 0 Å². The molecule has 1 fully saturated rings. The number of nitrogens with zero attached hydrogens (tertiary/aromatic N) is 3. The maximum atomic E-state index is 13.0. The molecule has 2 aliphatic heterocycles. The molecule has 10 heteroatoms. The summed E-state index contributed by atoms with van der Waals surface area (Å²) in [6, 6.07) is 3.31. The molecular weight excluding hydrogens is 397 g/mol. The Morgan fingerprint density at radius 1 is 1.15 bits per heavy atom. The van der Waals surface area contributed by atoms with E-state index in [1.807, 2.05) is 0 Å². The van der Waals surface area contributed by atoms with Crippen LogP contribution in [-0.4, -0.2) is 54.0 Å². The highest BCUT2D eigenvalue weighted by molar-refractivity contribution is 6.46. The summed E-state index contributed by atoms with van der Waals surface area (Å²) in [7, 11) is 1.16. The predicted molar refractivity (Wildman–Crippen MR) is 97.7 cm³/mol. The molecular formula is C17H15Cl2N3O5. The standard InChI is InChI=1S/C17H15Cl2N3O5/c1-8(23)3-4-21-14-12(13(20-21)17(26)27-2)15(24)22(16(14)25)11-6-9(18)5-10(19)7-11/h5-7,12,14H,3-4H2,1-2H3/t12-,14-/m0/s1. The summed E-state index contributed by atoms with van der Waals surface area (Å²) < 4.78 is 4.69. The second-order valence-corrected chi connectivity index (χ2v) is 7.03. The fourth-order valence-electron chi connectivity index (χ4n) is 3.14. The molecule has 1 aromatic carbocycles. The van der Waals surface area contributed by atoms with Crippen LogP contribution < -0.4 is 4.90 Å². The van der Waals surface area contributed by atoms with Crippen LogP contribution >= 0.6 is 23.2 Å². The normalized spacial score (nSPS) is 21.4. The number of amides is 2. The highest BCUT2D eigenvalue weighted by atomic mass is 35.5. The van der Waals surface area contributed by atoms with E-state index in [0.29, 0.717) is 0 Å². The number of fused-ring (bicyclic) bond motifs is 1. The molecule has 142 valence electrons. The molecule has 0 N–H and O–H groups in total. The van der Waals surface area contributed by atoms with E-state index in [1.165, 1.54) is 30.1 Å². The van der Waals surface area contributed by atoms with Gasteiger partial charge in [-0.25, -0.2) is 9.69 Å². The molecule has 2 atom stereocenters. The molecule has 2 heterocycles. The van der Waals surface area contributed by atoms with Crippen molar-refractivity contribution in [3.05, 3.63) is 28.2 Å². The van der Waals surface area contributed by atoms with Crippen LogP contribution in [-0.2, 0) is 23.9 Å². The van der Waals surface area contributed by atoms with Crippen molar-refractivity contribution in [1.29, 1.82) is 0 Å². The number of halogens is 2. The first-order valence-corrected chi connectivity index (χ1v) is 8.77. The van der Waals surface area contributed by atoms with E-state index in [-0.39, 0.29) is 40.2 Å². The summed E-state index contributed by atoms with van der Waals surface area (Å²) in [6.07, 6.45) is 0.117. The van der Waals surface area contributed by atoms with Gasteiger partial charge in [0.15, 0.2) is 5.71 Å². The van der Waals surface area contributed by atoms with E-state index in [2.05, 4.69) is 5.10 Å². The number of methoxy groups -OCH3 is 1. The Balaban J connectivity index is 2.01. The summed E-state index contributed by atoms with van der Waals surface area (Å²) in [5.41, 5.74) is 0.0349. The number of ketones is 1. The molecule has 8 nitrogen and oxygen atoms in total. The number of esters is 1. The van der Waals surface area contributed by atoms with Crippen molar-refractivity contribution in [1.82, 2.24) is 5.01 Å². The third-order valence-corrected chi connectivity index (χ3v) is 4.76. The Morgan fingerprint density at radius 2 is 1.78 bits per heavy atom. The van der Waals surface area contributed by atoms with E-state index in [0.717, 1.165) is 12.0 Å². The molecule has 0 bridgehead atoms. The van der Waals surface area contributed by atoms with Gasteiger partial charge in [-0.05, 0) is 25.1 Å². The minimum Gasteiger partial charge on any atom is -0.464 e. The van der Waals surface area contributed by atoms with E-state index in [9.17, 15) is 19.2 Å². The molecule has 1 aromatic rings. The molecule has 27 heavy (non-hydrogen) atoms. The molecule has 1 saturated heterocycles. The van der Waals surface area contributed by atoms with Crippen LogP contribution in [0.3, 0.4) is 0 Å². The molecule has 0 aliphatic carbocycles. The summed E-state index contributed by atoms with van der Waals surface area (Å²) in [4.78, 5) is 50.3. The van der Waals surface area contributed by atoms with Crippen LogP contribution in [0.15, 0.2) is 23.3 Å². The molecule has 0 unspecified atom stereocenters. The minimum atomic E-state index is -1.12. The van der Waals surface area contributed by atoms with Gasteiger partial charge in [-0.3, -0.25) is 19.4 Å². The van der Waals surface area contributed by atoms with Crippen molar-refractivity contribution in [2.45, 2.75) is 19.4 Å². The van der Waals surface area contributed by atoms with Crippen molar-refractivity contribution in [3.63, 3.8) is 0 Å². The fourth-order valence-corrected chi connectivity index (χ4v) is 3.66. The number of imide groups is 1. The average Bonchev–Trinajstić information content (AvgIpc) is 3.08. The topological polar surface area (TPSA) is 96.3 Å². The summed E-state index contributed by atoms with van der Waals surface area (Å²) >= 11 is 12.0. The van der Waals surface area contributed by atoms with Crippen LogP contribution in [0.1, 0.15) is 13.3 Å². The van der Waals surface area contributed by atoms with Gasteiger partial charge in [0.05, 0.1) is 12.8 Å². The van der Waals surface area contributed by atoms with Crippen molar-refractivity contribution < 1.29 is 23.9 Å². The van der Waals surface area contributed by atoms with E-state index < -0.39 is 29.7 Å². The predicted octanol–water partition coefficient (Wildman–Crippen LogP) is 1.68. The number of hydrazone groups is 1. The zero-order valence-electron chi connectivity index (χ0n) is 14.4. The quantitative estimate of drug-likeness (QED) is 0.539. The molecule has 0 radical (unpaired) electrons. The lowest BCUT2D eigenvalue weighted by Gasteiger charge is -2.21. The van der Waals surface area contributed by atoms with Gasteiger partial charge in [0.1, 0.15) is 17.7 Å². The van der Waals surface area contributed by atoms with Gasteiger partial charge in [-0.2, -0.15) is 5.10 Å². The number of carbonyl (C=O) groups excluding carboxylic acids is 4. The maximum Gasteiger partial charge on any atom is 0.355 e. The lowest BCUT2D eigenvalue weighted by atomic mass is 9.98. The van der Waals surface area contributed by atoms with Crippen molar-refractivity contribution in [2.24, 2.45) is 11.0 Å². The average molecular weight is 412 g/mol. The van der Waals surface area contributed by atoms with Crippen LogP contribution in [0, 0.1) is 5.92 Å². The van der Waals surface area contributed by atoms with Crippen LogP contribution in [0.2, 0.25) is 10.0 Å². The highest BCUT2D eigenvalue weighted by Gasteiger charge is 2.58. The SMILES string of the molecule is COC(=O)C1=NN(CCC(C)=O)[C@@H]2C(=O)N(c3cc(Cl)cc(Cl)c3)C(=O)[C@@H]12. The van der Waals surface area contributed by atoms with Gasteiger partial charge in [-0.1, -0.05) is 23.2 Å². The second-order valence-electron chi connectivity index (χ2n) is 6.15. The number of hydrogen-bond donors (Lipinski definition) is 0. The van der Waals surface area contributed by atoms with Crippen LogP contribution in [0.25, 0.3) is 0 Å². The second kappa shape index (κ2) is 7.28. The Kier molecular flexibility index (Phi) is 5.21. The first kappa shape index (κ1) is 19.3. The molecule has 0 aromatic heterocycles. The lowest BCUT2D eigenvalue weighted by Crippen LogP contribution is -2.40. The first-order valence-electron chi connectivity index (χ1n) is 8.01. The smallest absolute Gasteiger partial charge is 0.355 e. The summed E-state index contributed by atoms with van der Waals surface area (Å²) in [6.45, 7) is 1.50. The Labute approximate surface area is 164 Å². The third kappa shape index (κ3) is 3.42. The van der Waals surface area contributed by atoms with Crippen LogP contribution in [0.5, 0.6) is 0 Å². The van der Waals surface area contributed by atoms with Gasteiger partial charge in [-0.15, -0.1) is 0 Å². The number of ether oxygens (including phenoxy) is 1. The maximum absolute atomic E-state index is 13.0. The number of benzene rings is 1. The number of hydrogen-bond acceptors (Lipinski definition) is 7. The first-order chi connectivity index (χ1) is 12.7. The van der Waals surface area contributed by atoms with Gasteiger partial charge in [0, 0.05) is 23.0 Å². The molecule has 2 amide bonds. The van der Waals surface area contributed by atoms with Gasteiger partial charge >= 0.3 is 5.97 Å². The number of Topliss-reactive ketones (excluding diaryl/α,β-unsaturated/α-hetero) is 1. The summed E-state index contributed by atoms with van der Waals surface area (Å²) in [5, 5.41) is 5.89. The lowest BCUT2D eigenvalue weighted by molar-refractivity contribution is -0.133. The fraction of sp³-hybridized carbons (Fsp3) is 0.353. The monoisotopic (exact) mass is 411 g/mol. The molecule has 0 saturated carbocycles. The van der Waals surface area contributed by atoms with E-state index in [1.54, 1.807) is 0 Å². The number of anilines is 1. The van der Waals surface area contributed by atoms with Gasteiger partial charge in [0.25, 0.3) is 5.91 Å². The van der Waals surface area contributed by atoms with Gasteiger partial charge < -0.3 is 4.74 Å². The number of rotatable bonds is 5. The zero-order valence-corrected chi connectivity index (χ0v) is 16.0. The zero-order chi connectivity index (χ0) is 19.9. The minimum absolute atomic E-state index is 0.0974. The van der Waals surface area contributed by atoms with Crippen molar-refractivity contribution in [2.75, 3.05) is 18.6 Å². The molecule has 2 aliphatic rings. The van der Waals surface area contributed by atoms with Gasteiger partial charge in [0.2, 0.25) is 5.91 Å². The molecule has 3 rings (SSSR count). The summed E-state index contributed by atoms with van der Waals surface area (Å²) in [5.74, 6) is -3.23. The van der Waals surface area contributed by atoms with E-state index in [4.69, 9.17) is 27.9 Å². The Morgan fingerprint density at radius 3 is 2.33 bits per heavy atom. The number of carbonyl (C=O) groups is 4. The Bertz CT molecular complexity index is 865.